The van der Waals surface area contributed by atoms with E-state index in [1.165, 1.54) is 10.9 Å². The molecular weight excluding hydrogens is 523 g/mol. The Balaban J connectivity index is 1.39. The quantitative estimate of drug-likeness (QED) is 0.291. The highest BCUT2D eigenvalue weighted by atomic mass is 19.4. The van der Waals surface area contributed by atoms with Gasteiger partial charge < -0.3 is 14.3 Å². The van der Waals surface area contributed by atoms with Crippen LogP contribution in [0.15, 0.2) is 43.0 Å². The third-order valence-electron chi connectivity index (χ3n) is 7.16. The molecule has 0 amide bonds. The summed E-state index contributed by atoms with van der Waals surface area (Å²) in [4.78, 5) is 25.0. The molecule has 5 aromatic rings. The van der Waals surface area contributed by atoms with E-state index in [-0.39, 0.29) is 17.5 Å². The number of imidazole rings is 2. The molecule has 4 aromatic heterocycles. The second-order valence-corrected chi connectivity index (χ2v) is 9.72. The van der Waals surface area contributed by atoms with Crippen molar-refractivity contribution in [3.8, 4) is 28.7 Å². The molecule has 1 aliphatic carbocycles. The van der Waals surface area contributed by atoms with Crippen LogP contribution in [0, 0.1) is 5.41 Å². The minimum absolute atomic E-state index is 0.132. The molecule has 13 heteroatoms. The van der Waals surface area contributed by atoms with Crippen LogP contribution in [-0.2, 0) is 12.7 Å². The zero-order valence-corrected chi connectivity index (χ0v) is 22.0. The summed E-state index contributed by atoms with van der Waals surface area (Å²) in [5.74, 6) is 1.36. The lowest BCUT2D eigenvalue weighted by molar-refractivity contribution is -0.140. The Kier molecular flexibility index (Phi) is 6.15. The molecule has 4 heterocycles. The van der Waals surface area contributed by atoms with E-state index in [2.05, 4.69) is 24.9 Å². The molecule has 40 heavy (non-hydrogen) atoms. The molecule has 1 aliphatic rings. The van der Waals surface area contributed by atoms with E-state index in [9.17, 15) is 13.2 Å². The van der Waals surface area contributed by atoms with Crippen molar-refractivity contribution < 1.29 is 17.9 Å². The molecule has 1 fully saturated rings. The van der Waals surface area contributed by atoms with Crippen molar-refractivity contribution in [3.05, 3.63) is 65.6 Å². The molecule has 1 saturated carbocycles. The summed E-state index contributed by atoms with van der Waals surface area (Å²) in [5, 5.41) is 8.61. The van der Waals surface area contributed by atoms with E-state index in [1.807, 2.05) is 19.1 Å². The van der Waals surface area contributed by atoms with Gasteiger partial charge in [-0.3, -0.25) is 9.98 Å². The first kappa shape index (κ1) is 25.7. The Morgan fingerprint density at radius 3 is 2.52 bits per heavy atom. The van der Waals surface area contributed by atoms with Crippen LogP contribution in [0.3, 0.4) is 0 Å². The molecule has 0 aliphatic heterocycles. The van der Waals surface area contributed by atoms with Gasteiger partial charge in [-0.15, -0.1) is 0 Å². The number of halogens is 3. The van der Waals surface area contributed by atoms with Crippen molar-refractivity contribution in [3.63, 3.8) is 0 Å². The predicted octanol–water partition coefficient (Wildman–Crippen LogP) is 5.09. The molecule has 206 valence electrons. The van der Waals surface area contributed by atoms with Crippen LogP contribution in [-0.4, -0.2) is 46.1 Å². The second kappa shape index (κ2) is 9.57. The average molecular weight is 550 g/mol. The van der Waals surface area contributed by atoms with E-state index >= 15 is 0 Å². The number of nitrogens with zero attached hydrogens (tertiary/aromatic N) is 7. The second-order valence-electron chi connectivity index (χ2n) is 9.72. The Hall–Kier alpha value is -4.55. The van der Waals surface area contributed by atoms with Crippen molar-refractivity contribution in [1.82, 2.24) is 39.0 Å². The fraction of sp³-hybridized carbons (Fsp3) is 0.333. The summed E-state index contributed by atoms with van der Waals surface area (Å²) < 4.78 is 48.5. The first-order chi connectivity index (χ1) is 19.2. The van der Waals surface area contributed by atoms with Gasteiger partial charge in [-0.1, -0.05) is 24.3 Å². The number of H-pyrrole nitrogens is 1. The molecule has 2 N–H and O–H groups in total. The highest BCUT2D eigenvalue weighted by Crippen LogP contribution is 2.45. The molecule has 0 saturated heterocycles. The number of methoxy groups -OCH3 is 1. The van der Waals surface area contributed by atoms with Crippen LogP contribution < -0.4 is 10.4 Å². The van der Waals surface area contributed by atoms with Crippen molar-refractivity contribution in [2.75, 3.05) is 7.11 Å². The molecule has 0 bridgehead atoms. The number of hydrogen-bond donors (Lipinski definition) is 2. The van der Waals surface area contributed by atoms with Gasteiger partial charge >= 0.3 is 6.18 Å². The van der Waals surface area contributed by atoms with Gasteiger partial charge in [0.25, 0.3) is 0 Å². The third kappa shape index (κ3) is 4.40. The summed E-state index contributed by atoms with van der Waals surface area (Å²) in [6.45, 7) is 4.05. The summed E-state index contributed by atoms with van der Waals surface area (Å²) in [5.41, 5.74) is 3.23. The number of rotatable bonds is 7. The van der Waals surface area contributed by atoms with Crippen molar-refractivity contribution in [2.45, 2.75) is 51.4 Å². The Bertz CT molecular complexity index is 1770. The number of fused-ring (bicyclic) bond motifs is 1. The van der Waals surface area contributed by atoms with Gasteiger partial charge in [0, 0.05) is 24.2 Å². The van der Waals surface area contributed by atoms with Crippen LogP contribution in [0.2, 0.25) is 0 Å². The van der Waals surface area contributed by atoms with Gasteiger partial charge in [0.05, 0.1) is 25.0 Å². The normalized spacial score (nSPS) is 14.6. The Morgan fingerprint density at radius 2 is 1.88 bits per heavy atom. The monoisotopic (exact) mass is 549 g/mol. The number of benzene rings is 1. The van der Waals surface area contributed by atoms with Crippen LogP contribution in [0.1, 0.15) is 55.6 Å². The fourth-order valence-corrected chi connectivity index (χ4v) is 4.93. The van der Waals surface area contributed by atoms with Gasteiger partial charge in [-0.25, -0.2) is 24.9 Å². The van der Waals surface area contributed by atoms with E-state index in [1.54, 1.807) is 36.9 Å². The maximum absolute atomic E-state index is 13.2. The third-order valence-corrected chi connectivity index (χ3v) is 7.16. The van der Waals surface area contributed by atoms with Crippen LogP contribution >= 0.6 is 0 Å². The molecule has 0 spiro atoms. The summed E-state index contributed by atoms with van der Waals surface area (Å²) in [6.07, 6.45) is 1.68. The first-order valence-electron chi connectivity index (χ1n) is 12.8. The van der Waals surface area contributed by atoms with Crippen LogP contribution in [0.4, 0.5) is 13.2 Å². The SMILES string of the molecule is CCn1cc(C(F)(F)F)nc1-c1ccc([C@@H](C)n2c(=N)[nH]c3cnc(-c4c(OC)ncnc4C4CC4)nc32)cc1. The minimum Gasteiger partial charge on any atom is -0.480 e. The zero-order valence-electron chi connectivity index (χ0n) is 22.0. The maximum atomic E-state index is 13.2. The van der Waals surface area contributed by atoms with Gasteiger partial charge in [0.1, 0.15) is 23.2 Å². The summed E-state index contributed by atoms with van der Waals surface area (Å²) in [6, 6.07) is 6.82. The molecule has 0 radical (unpaired) electrons. The Labute approximate surface area is 226 Å². The fourth-order valence-electron chi connectivity index (χ4n) is 4.93. The first-order valence-corrected chi connectivity index (χ1v) is 12.8. The van der Waals surface area contributed by atoms with Gasteiger partial charge in [0.2, 0.25) is 11.5 Å². The van der Waals surface area contributed by atoms with Crippen LogP contribution in [0.5, 0.6) is 5.88 Å². The molecule has 6 rings (SSSR count). The maximum Gasteiger partial charge on any atom is 0.434 e. The average Bonchev–Trinajstić information content (AvgIpc) is 3.61. The van der Waals surface area contributed by atoms with E-state index in [0.717, 1.165) is 30.3 Å². The summed E-state index contributed by atoms with van der Waals surface area (Å²) in [7, 11) is 1.54. The highest BCUT2D eigenvalue weighted by molar-refractivity contribution is 5.75. The predicted molar refractivity (Wildman–Crippen MR) is 139 cm³/mol. The standard InChI is InChI=1S/C27H26F3N9O/c1-4-38-12-19(27(28,29)30)36-23(38)17-9-5-15(6-10-17)14(2)39-24-18(35-26(39)31)11-32-22(37-24)20-21(16-7-8-16)33-13-34-25(20)40-3/h5-6,9-14,16H,4,7-8H2,1-3H3,(H2,31,35)/t14-/m1/s1. The van der Waals surface area contributed by atoms with Crippen LogP contribution in [0.25, 0.3) is 33.9 Å². The number of aromatic nitrogens is 8. The number of nitrogens with one attached hydrogen (secondary N) is 2. The molecular formula is C27H26F3N9O. The largest absolute Gasteiger partial charge is 0.480 e. The molecule has 1 aromatic carbocycles. The molecule has 0 unspecified atom stereocenters. The lowest BCUT2D eigenvalue weighted by Gasteiger charge is -2.16. The Morgan fingerprint density at radius 1 is 1.12 bits per heavy atom. The van der Waals surface area contributed by atoms with Gasteiger partial charge in [-0.2, -0.15) is 13.2 Å². The zero-order chi connectivity index (χ0) is 28.2. The number of hydrogen-bond acceptors (Lipinski definition) is 7. The summed E-state index contributed by atoms with van der Waals surface area (Å²) >= 11 is 0. The van der Waals surface area contributed by atoms with Crippen molar-refractivity contribution in [1.29, 1.82) is 5.41 Å². The lowest BCUT2D eigenvalue weighted by atomic mass is 10.1. The highest BCUT2D eigenvalue weighted by Gasteiger charge is 2.35. The number of aryl methyl sites for hydroxylation is 1. The minimum atomic E-state index is -4.52. The van der Waals surface area contributed by atoms with E-state index in [0.29, 0.717) is 46.5 Å². The number of ether oxygens (including phenoxy) is 1. The van der Waals surface area contributed by atoms with Crippen molar-refractivity contribution in [2.24, 2.45) is 0 Å². The van der Waals surface area contributed by atoms with E-state index in [4.69, 9.17) is 15.1 Å². The molecule has 10 nitrogen and oxygen atoms in total. The topological polar surface area (TPSA) is 123 Å². The van der Waals surface area contributed by atoms with Gasteiger partial charge in [0.15, 0.2) is 17.2 Å². The number of aromatic amines is 1. The van der Waals surface area contributed by atoms with E-state index < -0.39 is 11.9 Å². The number of alkyl halides is 3. The molecule has 1 atom stereocenters. The van der Waals surface area contributed by atoms with Gasteiger partial charge in [-0.05, 0) is 32.3 Å². The van der Waals surface area contributed by atoms with Crippen molar-refractivity contribution >= 4 is 11.2 Å². The smallest absolute Gasteiger partial charge is 0.434 e. The lowest BCUT2D eigenvalue weighted by Crippen LogP contribution is -2.21.